The largest absolute Gasteiger partial charge is 0.477 e. The number of aliphatic carboxylic acids is 1. The standard InChI is InChI=1S/C67H124N2O21/c1-4-6-8-10-12-14-16-18-19-20-21-22-23-24-25-26-27-29-30-32-34-36-38-40-49(74)48(69-54(77)41-39-37-35-33-31-28-17-15-13-11-9-7-5-2)46-85-64-59(81)58(80)61(53(45-72)87-64)88-65-60(82)63(57(79)52(44-71)86-65)90-67(66(83)84)42-50(75)55(68-47(3)73)62(89-67)56(78)51(76)43-70/h28,31,48-53,55-65,70-72,74-76,78-82H,4-27,29-30,32-46H2,1-3H3,(H,68,73)(H,69,77)(H,83,84)/b31-28-. The van der Waals surface area contributed by atoms with Gasteiger partial charge in [0.25, 0.3) is 5.79 Å². The predicted octanol–water partition coefficient (Wildman–Crippen LogP) is 6.29. The molecule has 0 spiro atoms. The zero-order valence-corrected chi connectivity index (χ0v) is 55.0. The third kappa shape index (κ3) is 30.5. The maximum atomic E-state index is 13.4. The number of nitrogens with one attached hydrogen (secondary N) is 2. The molecule has 528 valence electrons. The molecule has 3 rings (SSSR count). The second kappa shape index (κ2) is 48.2. The van der Waals surface area contributed by atoms with E-state index < -0.39 is 148 Å². The van der Waals surface area contributed by atoms with Crippen LogP contribution in [0, 0.1) is 0 Å². The lowest BCUT2D eigenvalue weighted by Crippen LogP contribution is -2.70. The Hall–Kier alpha value is -2.53. The van der Waals surface area contributed by atoms with Crippen LogP contribution in [0.15, 0.2) is 12.2 Å². The fourth-order valence-electron chi connectivity index (χ4n) is 12.4. The van der Waals surface area contributed by atoms with Crippen LogP contribution in [0.4, 0.5) is 0 Å². The molecule has 0 bridgehead atoms. The second-order valence-electron chi connectivity index (χ2n) is 25.7. The van der Waals surface area contributed by atoms with Gasteiger partial charge in [-0.1, -0.05) is 212 Å². The van der Waals surface area contributed by atoms with Crippen molar-refractivity contribution >= 4 is 17.8 Å². The van der Waals surface area contributed by atoms with Crippen molar-refractivity contribution in [3.8, 4) is 0 Å². The summed E-state index contributed by atoms with van der Waals surface area (Å²) in [4.78, 5) is 38.5. The van der Waals surface area contributed by atoms with Crippen molar-refractivity contribution in [3.05, 3.63) is 12.2 Å². The fraction of sp³-hybridized carbons (Fsp3) is 0.925. The molecule has 3 aliphatic rings. The van der Waals surface area contributed by atoms with Crippen molar-refractivity contribution in [2.45, 2.75) is 368 Å². The first-order valence-electron chi connectivity index (χ1n) is 35.0. The van der Waals surface area contributed by atoms with E-state index in [-0.39, 0.29) is 18.9 Å². The number of amides is 2. The minimum atomic E-state index is -3.08. The highest BCUT2D eigenvalue weighted by Gasteiger charge is 2.60. The molecule has 23 heteroatoms. The molecule has 0 aromatic heterocycles. The van der Waals surface area contributed by atoms with Gasteiger partial charge in [0.1, 0.15) is 67.1 Å². The number of rotatable bonds is 53. The minimum Gasteiger partial charge on any atom is -0.477 e. The number of hydrogen-bond donors (Lipinski definition) is 14. The first-order valence-corrected chi connectivity index (χ1v) is 35.0. The lowest BCUT2D eigenvalue weighted by Gasteiger charge is -2.50. The second-order valence-corrected chi connectivity index (χ2v) is 25.7. The molecule has 14 N–H and O–H groups in total. The number of allylic oxidation sites excluding steroid dienone is 2. The number of carbonyl (C=O) groups is 3. The number of aliphatic hydroxyl groups excluding tert-OH is 11. The number of aliphatic hydroxyl groups is 11. The molecule has 3 aliphatic heterocycles. The molecule has 3 saturated heterocycles. The molecule has 2 amide bonds. The SMILES string of the molecule is CCCCCCCC/C=C\CCCCCC(=O)NC(COC1OC(CO)C(OC2OC(CO)C(O)C(OC3(C(=O)O)CC(O)C(NC(C)=O)C(C(O)C(O)CO)O3)C2O)C(O)C1O)C(O)CCCCCCCCCCCCCCCCCCCCCCCCC. The van der Waals surface area contributed by atoms with Crippen molar-refractivity contribution < 1.29 is 104 Å². The van der Waals surface area contributed by atoms with Crippen molar-refractivity contribution in [2.24, 2.45) is 0 Å². The molecule has 0 aliphatic carbocycles. The molecule has 3 heterocycles. The summed E-state index contributed by atoms with van der Waals surface area (Å²) in [7, 11) is 0. The maximum Gasteiger partial charge on any atom is 0.364 e. The van der Waals surface area contributed by atoms with Crippen LogP contribution < -0.4 is 10.6 Å². The molecular weight excluding hydrogens is 1170 g/mol. The molecule has 90 heavy (non-hydrogen) atoms. The summed E-state index contributed by atoms with van der Waals surface area (Å²) < 4.78 is 34.8. The summed E-state index contributed by atoms with van der Waals surface area (Å²) in [5, 5.41) is 136. The highest BCUT2D eigenvalue weighted by atomic mass is 16.8. The van der Waals surface area contributed by atoms with Crippen LogP contribution in [0.2, 0.25) is 0 Å². The van der Waals surface area contributed by atoms with Gasteiger partial charge in [0, 0.05) is 19.8 Å². The van der Waals surface area contributed by atoms with Gasteiger partial charge in [-0.15, -0.1) is 0 Å². The van der Waals surface area contributed by atoms with E-state index in [4.69, 9.17) is 28.4 Å². The summed E-state index contributed by atoms with van der Waals surface area (Å²) in [6.07, 6.45) is 16.5. The van der Waals surface area contributed by atoms with Gasteiger partial charge in [-0.2, -0.15) is 0 Å². The van der Waals surface area contributed by atoms with Crippen LogP contribution in [0.1, 0.15) is 258 Å². The minimum absolute atomic E-state index is 0.204. The van der Waals surface area contributed by atoms with Gasteiger partial charge in [0.05, 0.1) is 50.7 Å². The van der Waals surface area contributed by atoms with Gasteiger partial charge in [-0.3, -0.25) is 9.59 Å². The summed E-state index contributed by atoms with van der Waals surface area (Å²) in [5.74, 6) is -6.12. The number of carboxylic acids is 1. The quantitative estimate of drug-likeness (QED) is 0.0235. The first kappa shape index (κ1) is 81.7. The van der Waals surface area contributed by atoms with E-state index in [1.54, 1.807) is 0 Å². The maximum absolute atomic E-state index is 13.4. The molecule has 0 aromatic rings. The third-order valence-corrected chi connectivity index (χ3v) is 18.0. The van der Waals surface area contributed by atoms with Crippen molar-refractivity contribution in [2.75, 3.05) is 26.4 Å². The lowest BCUT2D eigenvalue weighted by atomic mass is 9.88. The van der Waals surface area contributed by atoms with Crippen LogP contribution in [-0.2, 0) is 42.8 Å². The van der Waals surface area contributed by atoms with Gasteiger partial charge in [-0.25, -0.2) is 4.79 Å². The van der Waals surface area contributed by atoms with E-state index in [2.05, 4.69) is 36.6 Å². The Labute approximate surface area is 537 Å². The van der Waals surface area contributed by atoms with E-state index in [9.17, 15) is 75.7 Å². The Bertz CT molecular complexity index is 1870. The fourth-order valence-corrected chi connectivity index (χ4v) is 12.4. The van der Waals surface area contributed by atoms with Crippen LogP contribution >= 0.6 is 0 Å². The molecule has 0 radical (unpaired) electrons. The van der Waals surface area contributed by atoms with Gasteiger partial charge < -0.3 is 100 Å². The summed E-state index contributed by atoms with van der Waals surface area (Å²) in [5.41, 5.74) is 0. The lowest BCUT2D eigenvalue weighted by molar-refractivity contribution is -0.386. The number of ether oxygens (including phenoxy) is 6. The summed E-state index contributed by atoms with van der Waals surface area (Å²) >= 11 is 0. The van der Waals surface area contributed by atoms with E-state index in [1.165, 1.54) is 154 Å². The predicted molar refractivity (Wildman–Crippen MR) is 338 cm³/mol. The molecule has 23 nitrogen and oxygen atoms in total. The molecule has 18 unspecified atom stereocenters. The highest BCUT2D eigenvalue weighted by molar-refractivity contribution is 5.77. The zero-order chi connectivity index (χ0) is 66.1. The van der Waals surface area contributed by atoms with Gasteiger partial charge in [-0.05, 0) is 38.5 Å². The molecule has 0 saturated carbocycles. The molecular formula is C67H124N2O21. The Morgan fingerprint density at radius 2 is 1.03 bits per heavy atom. The highest BCUT2D eigenvalue weighted by Crippen LogP contribution is 2.39. The van der Waals surface area contributed by atoms with Crippen molar-refractivity contribution in [1.29, 1.82) is 0 Å². The monoisotopic (exact) mass is 1290 g/mol. The number of unbranched alkanes of at least 4 members (excludes halogenated alkanes) is 31. The summed E-state index contributed by atoms with van der Waals surface area (Å²) in [6, 6.07) is -2.54. The molecule has 18 atom stereocenters. The third-order valence-electron chi connectivity index (χ3n) is 18.0. The van der Waals surface area contributed by atoms with Crippen LogP contribution in [0.25, 0.3) is 0 Å². The van der Waals surface area contributed by atoms with Crippen molar-refractivity contribution in [3.63, 3.8) is 0 Å². The zero-order valence-electron chi connectivity index (χ0n) is 55.0. The Kier molecular flexibility index (Phi) is 43.8. The van der Waals surface area contributed by atoms with Crippen LogP contribution in [0.3, 0.4) is 0 Å². The van der Waals surface area contributed by atoms with Gasteiger partial charge in [0.2, 0.25) is 11.8 Å². The van der Waals surface area contributed by atoms with Crippen molar-refractivity contribution in [1.82, 2.24) is 10.6 Å². The van der Waals surface area contributed by atoms with Crippen LogP contribution in [-0.4, -0.2) is 215 Å². The summed E-state index contributed by atoms with van der Waals surface area (Å²) in [6.45, 7) is 2.19. The van der Waals surface area contributed by atoms with E-state index in [0.717, 1.165) is 58.3 Å². The first-order chi connectivity index (χ1) is 43.4. The molecule has 3 fully saturated rings. The smallest absolute Gasteiger partial charge is 0.364 e. The van der Waals surface area contributed by atoms with Gasteiger partial charge in [0.15, 0.2) is 12.6 Å². The van der Waals surface area contributed by atoms with E-state index >= 15 is 0 Å². The van der Waals surface area contributed by atoms with Gasteiger partial charge >= 0.3 is 5.97 Å². The number of carbonyl (C=O) groups excluding carboxylic acids is 2. The topological polar surface area (TPSA) is 373 Å². The van der Waals surface area contributed by atoms with E-state index in [0.29, 0.717) is 19.3 Å². The average molecular weight is 1290 g/mol. The van der Waals surface area contributed by atoms with E-state index in [1.807, 2.05) is 0 Å². The Morgan fingerprint density at radius 3 is 1.50 bits per heavy atom. The number of hydrogen-bond acceptors (Lipinski definition) is 20. The molecule has 0 aromatic carbocycles. The van der Waals surface area contributed by atoms with Crippen LogP contribution in [0.5, 0.6) is 0 Å². The normalized spacial score (nSPS) is 28.6. The Morgan fingerprint density at radius 1 is 0.567 bits per heavy atom. The Balaban J connectivity index is 1.57. The number of carboxylic acid groups (broad SMARTS) is 1. The average Bonchev–Trinajstić information content (AvgIpc) is 0.834.